The lowest BCUT2D eigenvalue weighted by atomic mass is 9.82. The summed E-state index contributed by atoms with van der Waals surface area (Å²) in [7, 11) is 0. The summed E-state index contributed by atoms with van der Waals surface area (Å²) in [5, 5.41) is 1.07. The second-order valence-electron chi connectivity index (χ2n) is 9.26. The molecule has 3 nitrogen and oxygen atoms in total. The molecule has 0 fully saturated rings. The Morgan fingerprint density at radius 1 is 0.514 bits per heavy atom. The van der Waals surface area contributed by atoms with Crippen LogP contribution in [-0.4, -0.2) is 15.0 Å². The number of benzene rings is 4. The first-order chi connectivity index (χ1) is 16.9. The van der Waals surface area contributed by atoms with E-state index in [1.165, 1.54) is 22.3 Å². The number of hydrogen-bond donors (Lipinski definition) is 0. The third-order valence-electron chi connectivity index (χ3n) is 6.63. The van der Waals surface area contributed by atoms with E-state index in [9.17, 15) is 0 Å². The molecule has 1 aliphatic carbocycles. The van der Waals surface area contributed by atoms with Crippen LogP contribution in [0.2, 0.25) is 10.0 Å². The minimum absolute atomic E-state index is 0.111. The average Bonchev–Trinajstić information content (AvgIpc) is 3.10. The van der Waals surface area contributed by atoms with Crippen molar-refractivity contribution in [3.8, 4) is 45.3 Å². The fourth-order valence-corrected chi connectivity index (χ4v) is 5.40. The fraction of sp³-hybridized carbons (Fsp3) is 0.100. The maximum atomic E-state index is 6.30. The van der Waals surface area contributed by atoms with Crippen molar-refractivity contribution in [2.75, 3.05) is 0 Å². The summed E-state index contributed by atoms with van der Waals surface area (Å²) in [4.78, 5) is 14.5. The van der Waals surface area contributed by atoms with Gasteiger partial charge in [0.25, 0.3) is 0 Å². The van der Waals surface area contributed by atoms with Crippen molar-refractivity contribution in [3.05, 3.63) is 112 Å². The zero-order valence-corrected chi connectivity index (χ0v) is 20.8. The molecular formula is C30H21Cl2N3. The van der Waals surface area contributed by atoms with Gasteiger partial charge in [0.05, 0.1) is 0 Å². The van der Waals surface area contributed by atoms with Crippen molar-refractivity contribution in [3.63, 3.8) is 0 Å². The lowest BCUT2D eigenvalue weighted by molar-refractivity contribution is 0.660. The molecule has 0 spiro atoms. The van der Waals surface area contributed by atoms with Crippen LogP contribution < -0.4 is 0 Å². The van der Waals surface area contributed by atoms with Crippen molar-refractivity contribution in [1.82, 2.24) is 15.0 Å². The monoisotopic (exact) mass is 493 g/mol. The molecule has 0 atom stereocenters. The third kappa shape index (κ3) is 3.81. The highest BCUT2D eigenvalue weighted by atomic mass is 35.5. The van der Waals surface area contributed by atoms with E-state index in [1.54, 1.807) is 6.07 Å². The molecule has 0 N–H and O–H groups in total. The van der Waals surface area contributed by atoms with Crippen LogP contribution in [0.5, 0.6) is 0 Å². The first-order valence-corrected chi connectivity index (χ1v) is 12.2. The molecule has 0 amide bonds. The standard InChI is InChI=1S/C30H21Cl2N3/c1-30(2)25-11-7-6-10-23(25)24-13-12-19(16-26(24)30)28-33-27(18-8-4-3-5-9-18)34-29(35-28)20-14-21(31)17-22(32)15-20/h3-17H,1-2H3. The summed E-state index contributed by atoms with van der Waals surface area (Å²) in [5.74, 6) is 1.74. The average molecular weight is 494 g/mol. The zero-order chi connectivity index (χ0) is 24.2. The molecule has 5 heteroatoms. The molecule has 0 saturated heterocycles. The summed E-state index contributed by atoms with van der Waals surface area (Å²) in [5.41, 5.74) is 7.64. The number of halogens is 2. The van der Waals surface area contributed by atoms with Gasteiger partial charge in [-0.05, 0) is 46.5 Å². The Bertz CT molecular complexity index is 1570. The SMILES string of the molecule is CC1(C)c2ccccc2-c2ccc(-c3nc(-c4ccccc4)nc(-c4cc(Cl)cc(Cl)c4)n3)cc21. The number of nitrogens with zero attached hydrogens (tertiary/aromatic N) is 3. The molecule has 170 valence electrons. The van der Waals surface area contributed by atoms with Gasteiger partial charge in [-0.2, -0.15) is 0 Å². The maximum absolute atomic E-state index is 6.30. The molecule has 6 rings (SSSR count). The van der Waals surface area contributed by atoms with E-state index >= 15 is 0 Å². The predicted octanol–water partition coefficient (Wildman–Crippen LogP) is 8.49. The van der Waals surface area contributed by atoms with Crippen LogP contribution in [0.25, 0.3) is 45.3 Å². The van der Waals surface area contributed by atoms with Crippen LogP contribution >= 0.6 is 23.2 Å². The molecular weight excluding hydrogens is 473 g/mol. The Kier molecular flexibility index (Phi) is 5.21. The van der Waals surface area contributed by atoms with E-state index in [0.717, 1.165) is 16.7 Å². The topological polar surface area (TPSA) is 38.7 Å². The molecule has 1 aliphatic rings. The fourth-order valence-electron chi connectivity index (χ4n) is 4.88. The number of hydrogen-bond acceptors (Lipinski definition) is 3. The van der Waals surface area contributed by atoms with Crippen molar-refractivity contribution in [1.29, 1.82) is 0 Å². The molecule has 35 heavy (non-hydrogen) atoms. The molecule has 0 aliphatic heterocycles. The van der Waals surface area contributed by atoms with Gasteiger partial charge in [0.2, 0.25) is 0 Å². The van der Waals surface area contributed by atoms with Gasteiger partial charge in [-0.15, -0.1) is 0 Å². The Hall–Kier alpha value is -3.53. The minimum atomic E-state index is -0.111. The van der Waals surface area contributed by atoms with Crippen LogP contribution in [0, 0.1) is 0 Å². The van der Waals surface area contributed by atoms with Crippen LogP contribution in [0.1, 0.15) is 25.0 Å². The van der Waals surface area contributed by atoms with E-state index < -0.39 is 0 Å². The minimum Gasteiger partial charge on any atom is -0.208 e. The Labute approximate surface area is 214 Å². The second-order valence-corrected chi connectivity index (χ2v) is 10.1. The van der Waals surface area contributed by atoms with Gasteiger partial charge in [-0.25, -0.2) is 15.0 Å². The largest absolute Gasteiger partial charge is 0.208 e. The van der Waals surface area contributed by atoms with Crippen LogP contribution in [-0.2, 0) is 5.41 Å². The summed E-state index contributed by atoms with van der Waals surface area (Å²) in [6.07, 6.45) is 0. The zero-order valence-electron chi connectivity index (χ0n) is 19.3. The van der Waals surface area contributed by atoms with E-state index in [0.29, 0.717) is 27.5 Å². The second kappa shape index (κ2) is 8.30. The van der Waals surface area contributed by atoms with Gasteiger partial charge in [0.15, 0.2) is 17.5 Å². The Morgan fingerprint density at radius 3 is 1.80 bits per heavy atom. The van der Waals surface area contributed by atoms with Crippen molar-refractivity contribution >= 4 is 23.2 Å². The molecule has 0 radical (unpaired) electrons. The first-order valence-electron chi connectivity index (χ1n) is 11.4. The van der Waals surface area contributed by atoms with Crippen LogP contribution in [0.4, 0.5) is 0 Å². The van der Waals surface area contributed by atoms with Gasteiger partial charge in [0, 0.05) is 32.2 Å². The molecule has 1 aromatic heterocycles. The molecule has 0 unspecified atom stereocenters. The van der Waals surface area contributed by atoms with Gasteiger partial charge >= 0.3 is 0 Å². The Morgan fingerprint density at radius 2 is 1.09 bits per heavy atom. The molecule has 5 aromatic rings. The van der Waals surface area contributed by atoms with Crippen molar-refractivity contribution in [2.45, 2.75) is 19.3 Å². The third-order valence-corrected chi connectivity index (χ3v) is 7.07. The van der Waals surface area contributed by atoms with E-state index in [1.807, 2.05) is 42.5 Å². The number of fused-ring (bicyclic) bond motifs is 3. The summed E-state index contributed by atoms with van der Waals surface area (Å²) in [6.45, 7) is 4.54. The highest BCUT2D eigenvalue weighted by Crippen LogP contribution is 2.49. The maximum Gasteiger partial charge on any atom is 0.164 e. The van der Waals surface area contributed by atoms with Gasteiger partial charge < -0.3 is 0 Å². The number of rotatable bonds is 3. The van der Waals surface area contributed by atoms with Gasteiger partial charge in [-0.3, -0.25) is 0 Å². The molecule has 0 bridgehead atoms. The normalized spacial score (nSPS) is 13.4. The molecule has 1 heterocycles. The highest BCUT2D eigenvalue weighted by molar-refractivity contribution is 6.35. The molecule has 0 saturated carbocycles. The van der Waals surface area contributed by atoms with E-state index in [4.69, 9.17) is 38.2 Å². The summed E-state index contributed by atoms with van der Waals surface area (Å²) < 4.78 is 0. The molecule has 4 aromatic carbocycles. The number of aromatic nitrogens is 3. The van der Waals surface area contributed by atoms with Crippen LogP contribution in [0.15, 0.2) is 91.0 Å². The first kappa shape index (κ1) is 22.0. The Balaban J connectivity index is 1.55. The van der Waals surface area contributed by atoms with Gasteiger partial charge in [0.1, 0.15) is 0 Å². The smallest absolute Gasteiger partial charge is 0.164 e. The van der Waals surface area contributed by atoms with Gasteiger partial charge in [-0.1, -0.05) is 104 Å². The predicted molar refractivity (Wildman–Crippen MR) is 144 cm³/mol. The summed E-state index contributed by atoms with van der Waals surface area (Å²) >= 11 is 12.6. The van der Waals surface area contributed by atoms with Crippen molar-refractivity contribution in [2.24, 2.45) is 0 Å². The van der Waals surface area contributed by atoms with Crippen molar-refractivity contribution < 1.29 is 0 Å². The quantitative estimate of drug-likeness (QED) is 0.252. The highest BCUT2D eigenvalue weighted by Gasteiger charge is 2.35. The lowest BCUT2D eigenvalue weighted by Crippen LogP contribution is -2.15. The van der Waals surface area contributed by atoms with E-state index in [2.05, 4.69) is 56.3 Å². The van der Waals surface area contributed by atoms with Crippen LogP contribution in [0.3, 0.4) is 0 Å². The summed E-state index contributed by atoms with van der Waals surface area (Å²) in [6, 6.07) is 30.4. The lowest BCUT2D eigenvalue weighted by Gasteiger charge is -2.21. The van der Waals surface area contributed by atoms with E-state index in [-0.39, 0.29) is 5.41 Å².